The van der Waals surface area contributed by atoms with E-state index in [0.29, 0.717) is 38.4 Å². The summed E-state index contributed by atoms with van der Waals surface area (Å²) in [5.41, 5.74) is 2.67. The molecule has 3 rings (SSSR count). The summed E-state index contributed by atoms with van der Waals surface area (Å²) < 4.78 is 10.3. The Bertz CT molecular complexity index is 772. The molecule has 6 heteroatoms. The Balaban J connectivity index is 1.86. The Morgan fingerprint density at radius 2 is 1.57 bits per heavy atom. The molecule has 1 aliphatic heterocycles. The fourth-order valence-corrected chi connectivity index (χ4v) is 3.29. The van der Waals surface area contributed by atoms with Gasteiger partial charge in [0, 0.05) is 33.7 Å². The van der Waals surface area contributed by atoms with E-state index in [1.165, 1.54) is 0 Å². The first-order chi connectivity index (χ1) is 13.7. The number of methoxy groups -OCH3 is 2. The van der Waals surface area contributed by atoms with Crippen LogP contribution < -0.4 is 5.01 Å². The average Bonchev–Trinajstić information content (AvgIpc) is 3.20. The van der Waals surface area contributed by atoms with Crippen molar-refractivity contribution in [2.24, 2.45) is 5.10 Å². The van der Waals surface area contributed by atoms with Gasteiger partial charge in [0.05, 0.1) is 24.9 Å². The minimum absolute atomic E-state index is 0.00532. The number of hydrogen-bond acceptors (Lipinski definition) is 5. The molecule has 0 radical (unpaired) electrons. The molecule has 148 valence electrons. The number of para-hydroxylation sites is 1. The van der Waals surface area contributed by atoms with Gasteiger partial charge in [-0.15, -0.1) is 0 Å². The summed E-state index contributed by atoms with van der Waals surface area (Å²) in [7, 11) is 3.27. The second-order valence-corrected chi connectivity index (χ2v) is 6.64. The number of carbonyl (C=O) groups excluding carboxylic acids is 1. The molecule has 28 heavy (non-hydrogen) atoms. The lowest BCUT2D eigenvalue weighted by Crippen LogP contribution is -2.40. The molecule has 0 bridgehead atoms. The zero-order valence-corrected chi connectivity index (χ0v) is 16.5. The molecule has 0 aliphatic carbocycles. The Morgan fingerprint density at radius 3 is 2.14 bits per heavy atom. The number of benzene rings is 2. The molecule has 0 fully saturated rings. The van der Waals surface area contributed by atoms with Gasteiger partial charge in [0.25, 0.3) is 5.91 Å². The van der Waals surface area contributed by atoms with Crippen molar-refractivity contribution in [1.29, 1.82) is 0 Å². The second-order valence-electron chi connectivity index (χ2n) is 6.64. The van der Waals surface area contributed by atoms with E-state index < -0.39 is 0 Å². The molecule has 1 amide bonds. The largest absolute Gasteiger partial charge is 0.383 e. The highest BCUT2D eigenvalue weighted by atomic mass is 16.5. The van der Waals surface area contributed by atoms with Crippen molar-refractivity contribution in [1.82, 2.24) is 4.90 Å². The first-order valence-corrected chi connectivity index (χ1v) is 9.48. The van der Waals surface area contributed by atoms with Crippen LogP contribution in [0.5, 0.6) is 0 Å². The third-order valence-electron chi connectivity index (χ3n) is 4.78. The number of ether oxygens (including phenoxy) is 2. The second kappa shape index (κ2) is 10.0. The number of hydrazone groups is 1. The van der Waals surface area contributed by atoms with Gasteiger partial charge in [-0.3, -0.25) is 9.80 Å². The molecule has 2 aromatic rings. The maximum atomic E-state index is 13.2. The first-order valence-electron chi connectivity index (χ1n) is 9.48. The van der Waals surface area contributed by atoms with Crippen molar-refractivity contribution in [2.75, 3.05) is 45.5 Å². The molecule has 0 aromatic heterocycles. The van der Waals surface area contributed by atoms with Crippen molar-refractivity contribution in [3.05, 3.63) is 66.2 Å². The van der Waals surface area contributed by atoms with Crippen LogP contribution in [0.15, 0.2) is 65.8 Å². The molecule has 6 nitrogen and oxygen atoms in total. The predicted molar refractivity (Wildman–Crippen MR) is 110 cm³/mol. The van der Waals surface area contributed by atoms with Gasteiger partial charge in [-0.2, -0.15) is 5.10 Å². The summed E-state index contributed by atoms with van der Waals surface area (Å²) >= 11 is 0. The summed E-state index contributed by atoms with van der Waals surface area (Å²) in [5.74, 6) is -0.0616. The van der Waals surface area contributed by atoms with E-state index >= 15 is 0 Å². The van der Waals surface area contributed by atoms with Crippen molar-refractivity contribution in [3.8, 4) is 0 Å². The lowest BCUT2D eigenvalue weighted by molar-refractivity contribution is -0.125. The van der Waals surface area contributed by atoms with Crippen LogP contribution in [-0.4, -0.2) is 57.0 Å². The summed E-state index contributed by atoms with van der Waals surface area (Å²) in [5, 5.41) is 6.68. The number of anilines is 1. The van der Waals surface area contributed by atoms with Gasteiger partial charge in [0.2, 0.25) is 0 Å². The van der Waals surface area contributed by atoms with Crippen LogP contribution in [0.4, 0.5) is 5.69 Å². The van der Waals surface area contributed by atoms with Crippen molar-refractivity contribution < 1.29 is 14.3 Å². The molecular weight excluding hydrogens is 354 g/mol. The molecule has 1 unspecified atom stereocenters. The molecule has 0 N–H and O–H groups in total. The highest BCUT2D eigenvalue weighted by Crippen LogP contribution is 2.35. The van der Waals surface area contributed by atoms with Gasteiger partial charge < -0.3 is 14.4 Å². The molecule has 1 atom stereocenters. The van der Waals surface area contributed by atoms with Crippen molar-refractivity contribution in [2.45, 2.75) is 12.5 Å². The first kappa shape index (κ1) is 20.0. The van der Waals surface area contributed by atoms with Crippen LogP contribution in [0.1, 0.15) is 18.0 Å². The van der Waals surface area contributed by atoms with E-state index in [9.17, 15) is 4.79 Å². The standard InChI is InChI=1S/C22H27N3O3/c1-27-15-13-24(14-16-28-2)22(26)20-17-21(18-9-5-3-6-10-18)25(23-20)19-11-7-4-8-12-19/h3-12,21H,13-17H2,1-2H3. The fraction of sp³-hybridized carbons (Fsp3) is 0.364. The normalized spacial score (nSPS) is 16.1. The van der Waals surface area contributed by atoms with E-state index in [1.807, 2.05) is 53.5 Å². The van der Waals surface area contributed by atoms with Crippen LogP contribution in [-0.2, 0) is 14.3 Å². The monoisotopic (exact) mass is 381 g/mol. The van der Waals surface area contributed by atoms with Gasteiger partial charge in [0.15, 0.2) is 0 Å². The van der Waals surface area contributed by atoms with E-state index in [-0.39, 0.29) is 11.9 Å². The Kier molecular flexibility index (Phi) is 7.17. The quantitative estimate of drug-likeness (QED) is 0.670. The van der Waals surface area contributed by atoms with Crippen LogP contribution >= 0.6 is 0 Å². The zero-order chi connectivity index (χ0) is 19.8. The molecule has 2 aromatic carbocycles. The summed E-state index contributed by atoms with van der Waals surface area (Å²) in [6.45, 7) is 1.98. The molecule has 0 saturated carbocycles. The number of carbonyl (C=O) groups is 1. The maximum absolute atomic E-state index is 13.2. The summed E-state index contributed by atoms with van der Waals surface area (Å²) in [6.07, 6.45) is 0.564. The van der Waals surface area contributed by atoms with Crippen LogP contribution in [0.2, 0.25) is 0 Å². The minimum atomic E-state index is -0.0616. The predicted octanol–water partition coefficient (Wildman–Crippen LogP) is 3.12. The van der Waals surface area contributed by atoms with Crippen molar-refractivity contribution >= 4 is 17.3 Å². The molecule has 1 heterocycles. The van der Waals surface area contributed by atoms with E-state index in [4.69, 9.17) is 14.6 Å². The topological polar surface area (TPSA) is 54.4 Å². The number of hydrogen-bond donors (Lipinski definition) is 0. The van der Waals surface area contributed by atoms with Gasteiger partial charge in [-0.1, -0.05) is 48.5 Å². The van der Waals surface area contributed by atoms with Crippen molar-refractivity contribution in [3.63, 3.8) is 0 Å². The van der Waals surface area contributed by atoms with E-state index in [0.717, 1.165) is 11.3 Å². The smallest absolute Gasteiger partial charge is 0.270 e. The minimum Gasteiger partial charge on any atom is -0.383 e. The van der Waals surface area contributed by atoms with Gasteiger partial charge in [0.1, 0.15) is 5.71 Å². The van der Waals surface area contributed by atoms with E-state index in [2.05, 4.69) is 12.1 Å². The molecule has 0 saturated heterocycles. The Hall–Kier alpha value is -2.70. The summed E-state index contributed by atoms with van der Waals surface area (Å²) in [6, 6.07) is 20.2. The number of amides is 1. The Morgan fingerprint density at radius 1 is 1.00 bits per heavy atom. The Labute approximate surface area is 166 Å². The van der Waals surface area contributed by atoms with Gasteiger partial charge in [-0.25, -0.2) is 0 Å². The lowest BCUT2D eigenvalue weighted by atomic mass is 10.0. The zero-order valence-electron chi connectivity index (χ0n) is 16.5. The highest BCUT2D eigenvalue weighted by Gasteiger charge is 2.34. The van der Waals surface area contributed by atoms with E-state index in [1.54, 1.807) is 19.1 Å². The maximum Gasteiger partial charge on any atom is 0.270 e. The van der Waals surface area contributed by atoms with Gasteiger partial charge >= 0.3 is 0 Å². The summed E-state index contributed by atoms with van der Waals surface area (Å²) in [4.78, 5) is 14.9. The third kappa shape index (κ3) is 4.77. The third-order valence-corrected chi connectivity index (χ3v) is 4.78. The average molecular weight is 381 g/mol. The highest BCUT2D eigenvalue weighted by molar-refractivity contribution is 6.39. The fourth-order valence-electron chi connectivity index (χ4n) is 3.29. The van der Waals surface area contributed by atoms with Crippen LogP contribution in [0, 0.1) is 0 Å². The van der Waals surface area contributed by atoms with Crippen LogP contribution in [0.25, 0.3) is 0 Å². The van der Waals surface area contributed by atoms with Gasteiger partial charge in [-0.05, 0) is 17.7 Å². The molecule has 0 spiro atoms. The molecule has 1 aliphatic rings. The van der Waals surface area contributed by atoms with Crippen LogP contribution in [0.3, 0.4) is 0 Å². The molecular formula is C22H27N3O3. The number of nitrogens with zero attached hydrogens (tertiary/aromatic N) is 3. The number of rotatable bonds is 9. The lowest BCUT2D eigenvalue weighted by Gasteiger charge is -2.23. The SMILES string of the molecule is COCCN(CCOC)C(=O)C1=NN(c2ccccc2)C(c2ccccc2)C1.